The molecule has 1 amide bonds. The van der Waals surface area contributed by atoms with Gasteiger partial charge < -0.3 is 15.5 Å². The van der Waals surface area contributed by atoms with E-state index in [-0.39, 0.29) is 30.7 Å². The molecule has 1 saturated heterocycles. The monoisotopic (exact) mass is 359 g/mol. The minimum Gasteiger partial charge on any atom is -0.385 e. The Balaban J connectivity index is 0.00000132. The predicted molar refractivity (Wildman–Crippen MR) is 100 cm³/mol. The molecule has 4 nitrogen and oxygen atoms in total. The molecule has 0 unspecified atom stereocenters. The third-order valence-electron chi connectivity index (χ3n) is 4.73. The third kappa shape index (κ3) is 5.00. The molecule has 6 heteroatoms. The van der Waals surface area contributed by atoms with E-state index in [4.69, 9.17) is 0 Å². The number of likely N-dealkylation sites (tertiary alicyclic amines) is 1. The Morgan fingerprint density at radius 3 is 2.78 bits per heavy atom. The number of anilines is 1. The molecule has 1 fully saturated rings. The third-order valence-corrected chi connectivity index (χ3v) is 4.73. The van der Waals surface area contributed by atoms with Crippen molar-refractivity contribution in [2.75, 3.05) is 38.5 Å². The van der Waals surface area contributed by atoms with Crippen LogP contribution < -0.4 is 10.6 Å². The van der Waals surface area contributed by atoms with Crippen molar-refractivity contribution >= 4 is 36.4 Å². The molecule has 0 radical (unpaired) electrons. The van der Waals surface area contributed by atoms with E-state index in [1.165, 1.54) is 18.4 Å². The Bertz CT molecular complexity index is 517. The maximum Gasteiger partial charge on any atom is 0.251 e. The number of nitrogens with zero attached hydrogens (tertiary/aromatic N) is 1. The molecule has 130 valence electrons. The van der Waals surface area contributed by atoms with Crippen molar-refractivity contribution in [1.82, 2.24) is 10.2 Å². The highest BCUT2D eigenvalue weighted by molar-refractivity contribution is 5.97. The molecule has 0 bridgehead atoms. The molecule has 0 spiro atoms. The molecule has 1 aromatic rings. The second-order valence-corrected chi connectivity index (χ2v) is 6.32. The van der Waals surface area contributed by atoms with Crippen LogP contribution in [0, 0.1) is 5.92 Å². The number of carbonyl (C=O) groups is 1. The highest BCUT2D eigenvalue weighted by Gasteiger charge is 2.20. The first kappa shape index (κ1) is 20.1. The Hall–Kier alpha value is -0.970. The standard InChI is InChI=1S/C17H25N3O.2ClH/c1-20-10-7-13(8-11-20)12-19-17(21)15-4-2-6-16-14(15)5-3-9-18-16;;/h2,4,6,13,18H,3,5,7-12H2,1H3,(H,19,21);2*1H. The van der Waals surface area contributed by atoms with Crippen LogP contribution in [-0.2, 0) is 6.42 Å². The molecular weight excluding hydrogens is 333 g/mol. The molecule has 2 heterocycles. The van der Waals surface area contributed by atoms with E-state index in [1.807, 2.05) is 12.1 Å². The highest BCUT2D eigenvalue weighted by atomic mass is 35.5. The fourth-order valence-electron chi connectivity index (χ4n) is 3.32. The molecule has 23 heavy (non-hydrogen) atoms. The van der Waals surface area contributed by atoms with Gasteiger partial charge in [0.15, 0.2) is 0 Å². The fraction of sp³-hybridized carbons (Fsp3) is 0.588. The number of halogens is 2. The Kier molecular flexibility index (Phi) is 8.17. The summed E-state index contributed by atoms with van der Waals surface area (Å²) >= 11 is 0. The summed E-state index contributed by atoms with van der Waals surface area (Å²) in [4.78, 5) is 14.8. The summed E-state index contributed by atoms with van der Waals surface area (Å²) in [5.41, 5.74) is 3.17. The molecule has 2 aliphatic rings. The topological polar surface area (TPSA) is 44.4 Å². The van der Waals surface area contributed by atoms with Crippen molar-refractivity contribution in [2.24, 2.45) is 5.92 Å². The van der Waals surface area contributed by atoms with E-state index in [0.717, 1.165) is 50.3 Å². The zero-order valence-corrected chi connectivity index (χ0v) is 15.3. The van der Waals surface area contributed by atoms with Crippen molar-refractivity contribution in [3.05, 3.63) is 29.3 Å². The lowest BCUT2D eigenvalue weighted by Gasteiger charge is -2.29. The summed E-state index contributed by atoms with van der Waals surface area (Å²) in [6.45, 7) is 4.10. The van der Waals surface area contributed by atoms with E-state index in [9.17, 15) is 4.79 Å². The highest BCUT2D eigenvalue weighted by Crippen LogP contribution is 2.25. The van der Waals surface area contributed by atoms with Gasteiger partial charge in [0.2, 0.25) is 0 Å². The lowest BCUT2D eigenvalue weighted by molar-refractivity contribution is 0.0938. The summed E-state index contributed by atoms with van der Waals surface area (Å²) in [6.07, 6.45) is 4.48. The minimum absolute atomic E-state index is 0. The number of nitrogens with one attached hydrogen (secondary N) is 2. The van der Waals surface area contributed by atoms with Crippen LogP contribution in [0.4, 0.5) is 5.69 Å². The van der Waals surface area contributed by atoms with Crippen LogP contribution in [0.1, 0.15) is 35.2 Å². The van der Waals surface area contributed by atoms with Gasteiger partial charge in [-0.3, -0.25) is 4.79 Å². The molecule has 2 N–H and O–H groups in total. The van der Waals surface area contributed by atoms with Crippen molar-refractivity contribution in [2.45, 2.75) is 25.7 Å². The predicted octanol–water partition coefficient (Wildman–Crippen LogP) is 2.96. The van der Waals surface area contributed by atoms with Crippen LogP contribution in [-0.4, -0.2) is 44.0 Å². The van der Waals surface area contributed by atoms with Crippen LogP contribution >= 0.6 is 24.8 Å². The number of amides is 1. The first-order valence-electron chi connectivity index (χ1n) is 8.06. The lowest BCUT2D eigenvalue weighted by atomic mass is 9.95. The summed E-state index contributed by atoms with van der Waals surface area (Å²) in [5.74, 6) is 0.720. The summed E-state index contributed by atoms with van der Waals surface area (Å²) in [6, 6.07) is 6.00. The number of piperidine rings is 1. The molecule has 0 saturated carbocycles. The largest absolute Gasteiger partial charge is 0.385 e. The Labute approximate surface area is 151 Å². The maximum absolute atomic E-state index is 12.5. The number of rotatable bonds is 3. The van der Waals surface area contributed by atoms with Crippen molar-refractivity contribution < 1.29 is 4.79 Å². The van der Waals surface area contributed by atoms with Crippen LogP contribution in [0.2, 0.25) is 0 Å². The van der Waals surface area contributed by atoms with Gasteiger partial charge in [-0.1, -0.05) is 6.07 Å². The van der Waals surface area contributed by atoms with Gasteiger partial charge in [0.05, 0.1) is 0 Å². The second-order valence-electron chi connectivity index (χ2n) is 6.32. The SMILES string of the molecule is CN1CCC(CNC(=O)c2cccc3c2CCCN3)CC1.Cl.Cl. The lowest BCUT2D eigenvalue weighted by Crippen LogP contribution is -2.37. The number of hydrogen-bond donors (Lipinski definition) is 2. The minimum atomic E-state index is 0. The average molecular weight is 360 g/mol. The van der Waals surface area contributed by atoms with Crippen molar-refractivity contribution in [1.29, 1.82) is 0 Å². The Morgan fingerprint density at radius 2 is 2.04 bits per heavy atom. The number of benzene rings is 1. The molecule has 2 aliphatic heterocycles. The van der Waals surface area contributed by atoms with Gasteiger partial charge in [0.1, 0.15) is 0 Å². The molecule has 3 rings (SSSR count). The van der Waals surface area contributed by atoms with Gasteiger partial charge in [0.25, 0.3) is 5.91 Å². The first-order valence-corrected chi connectivity index (χ1v) is 8.06. The van der Waals surface area contributed by atoms with Crippen LogP contribution in [0.5, 0.6) is 0 Å². The first-order chi connectivity index (χ1) is 10.2. The van der Waals surface area contributed by atoms with Crippen LogP contribution in [0.25, 0.3) is 0 Å². The zero-order chi connectivity index (χ0) is 14.7. The van der Waals surface area contributed by atoms with E-state index < -0.39 is 0 Å². The van der Waals surface area contributed by atoms with E-state index in [0.29, 0.717) is 5.92 Å². The fourth-order valence-corrected chi connectivity index (χ4v) is 3.32. The molecule has 1 aromatic carbocycles. The second kappa shape index (κ2) is 9.36. The average Bonchev–Trinajstić information content (AvgIpc) is 2.53. The van der Waals surface area contributed by atoms with Crippen molar-refractivity contribution in [3.8, 4) is 0 Å². The smallest absolute Gasteiger partial charge is 0.251 e. The number of fused-ring (bicyclic) bond motifs is 1. The van der Waals surface area contributed by atoms with Crippen LogP contribution in [0.15, 0.2) is 18.2 Å². The molecule has 0 aromatic heterocycles. The van der Waals surface area contributed by atoms with Crippen molar-refractivity contribution in [3.63, 3.8) is 0 Å². The normalized spacial score (nSPS) is 18.0. The summed E-state index contributed by atoms with van der Waals surface area (Å²) < 4.78 is 0. The van der Waals surface area contributed by atoms with E-state index in [1.54, 1.807) is 0 Å². The van der Waals surface area contributed by atoms with Gasteiger partial charge in [-0.15, -0.1) is 24.8 Å². The van der Waals surface area contributed by atoms with Gasteiger partial charge in [-0.2, -0.15) is 0 Å². The van der Waals surface area contributed by atoms with E-state index >= 15 is 0 Å². The molecule has 0 aliphatic carbocycles. The molecule has 0 atom stereocenters. The van der Waals surface area contributed by atoms with E-state index in [2.05, 4.69) is 28.6 Å². The quantitative estimate of drug-likeness (QED) is 0.871. The zero-order valence-electron chi connectivity index (χ0n) is 13.6. The Morgan fingerprint density at radius 1 is 1.30 bits per heavy atom. The van der Waals surface area contributed by atoms with Gasteiger partial charge >= 0.3 is 0 Å². The summed E-state index contributed by atoms with van der Waals surface area (Å²) in [5, 5.41) is 6.53. The van der Waals surface area contributed by atoms with Gasteiger partial charge in [-0.25, -0.2) is 0 Å². The number of hydrogen-bond acceptors (Lipinski definition) is 3. The number of carbonyl (C=O) groups excluding carboxylic acids is 1. The summed E-state index contributed by atoms with van der Waals surface area (Å²) in [7, 11) is 2.16. The van der Waals surface area contributed by atoms with Crippen LogP contribution in [0.3, 0.4) is 0 Å². The van der Waals surface area contributed by atoms with Gasteiger partial charge in [-0.05, 0) is 69.4 Å². The van der Waals surface area contributed by atoms with Gasteiger partial charge in [0, 0.05) is 24.3 Å². The molecular formula is C17H27Cl2N3O. The maximum atomic E-state index is 12.5.